The first-order valence-corrected chi connectivity index (χ1v) is 53.1. The Morgan fingerprint density at radius 1 is 0.200 bits per heavy atom. The van der Waals surface area contributed by atoms with Gasteiger partial charge in [-0.2, -0.15) is 0 Å². The summed E-state index contributed by atoms with van der Waals surface area (Å²) in [6.45, 7) is 0. The minimum atomic E-state index is 0.892. The van der Waals surface area contributed by atoms with E-state index in [1.807, 2.05) is 83.1 Å². The fraction of sp³-hybridized carbons (Fsp3) is 0. The van der Waals surface area contributed by atoms with Gasteiger partial charge in [-0.15, -0.1) is 34.0 Å². The van der Waals surface area contributed by atoms with E-state index in [0.29, 0.717) is 0 Å². The van der Waals surface area contributed by atoms with Crippen LogP contribution in [0.25, 0.3) is 248 Å². The van der Waals surface area contributed by atoms with Crippen molar-refractivity contribution in [1.29, 1.82) is 0 Å². The quantitative estimate of drug-likeness (QED) is 0.145. The van der Waals surface area contributed by atoms with Crippen LogP contribution in [-0.2, 0) is 0 Å². The number of para-hydroxylation sites is 5. The minimum Gasteiger partial charge on any atom is -0.456 e. The van der Waals surface area contributed by atoms with Crippen LogP contribution in [0.15, 0.2) is 469 Å². The number of hydrogen-bond donors (Lipinski definition) is 0. The molecular formula is C124H72Br6N6OS3. The molecule has 16 heteroatoms. The van der Waals surface area contributed by atoms with Crippen LogP contribution < -0.4 is 0 Å². The molecule has 0 saturated heterocycles. The van der Waals surface area contributed by atoms with Crippen molar-refractivity contribution in [3.8, 4) is 78.4 Å². The van der Waals surface area contributed by atoms with E-state index in [2.05, 4.69) is 512 Å². The number of rotatable bonds is 9. The Morgan fingerprint density at radius 2 is 0.571 bits per heavy atom. The first-order chi connectivity index (χ1) is 68.9. The van der Waals surface area contributed by atoms with E-state index >= 15 is 0 Å². The van der Waals surface area contributed by atoms with Crippen molar-refractivity contribution in [2.45, 2.75) is 0 Å². The van der Waals surface area contributed by atoms with Crippen LogP contribution in [0.4, 0.5) is 0 Å². The molecule has 29 aromatic rings. The number of hydrogen-bond acceptors (Lipinski definition) is 6. The van der Waals surface area contributed by atoms with Crippen molar-refractivity contribution in [2.24, 2.45) is 0 Å². The van der Waals surface area contributed by atoms with Crippen LogP contribution in [0.1, 0.15) is 0 Å². The maximum atomic E-state index is 6.07. The Morgan fingerprint density at radius 3 is 1.06 bits per heavy atom. The summed E-state index contributed by atoms with van der Waals surface area (Å²) in [6.07, 6.45) is 7.48. The zero-order valence-electron chi connectivity index (χ0n) is 74.2. The fourth-order valence-electron chi connectivity index (χ4n) is 20.7. The molecular weight excluding hydrogens is 2170 g/mol. The van der Waals surface area contributed by atoms with E-state index < -0.39 is 0 Å². The number of benzene rings is 19. The summed E-state index contributed by atoms with van der Waals surface area (Å²) < 4.78 is 29.9. The van der Waals surface area contributed by atoms with Gasteiger partial charge in [0.15, 0.2) is 0 Å². The number of thiophene rings is 3. The molecule has 0 saturated carbocycles. The molecule has 0 radical (unpaired) electrons. The Balaban J connectivity index is 0.0000000962. The second-order valence-electron chi connectivity index (χ2n) is 35.0. The summed E-state index contributed by atoms with van der Waals surface area (Å²) in [7, 11) is 0. The van der Waals surface area contributed by atoms with Gasteiger partial charge in [0.25, 0.3) is 0 Å². The summed E-state index contributed by atoms with van der Waals surface area (Å²) in [4.78, 5) is 8.75. The maximum Gasteiger partial charge on any atom is 0.136 e. The number of halogens is 6. The third kappa shape index (κ3) is 15.0. The molecule has 0 atom stereocenters. The van der Waals surface area contributed by atoms with Gasteiger partial charge in [0, 0.05) is 165 Å². The Labute approximate surface area is 865 Å². The van der Waals surface area contributed by atoms with Crippen LogP contribution >= 0.6 is 130 Å². The normalized spacial score (nSPS) is 11.8. The Kier molecular flexibility index (Phi) is 22.0. The molecule has 10 aromatic heterocycles. The van der Waals surface area contributed by atoms with E-state index in [9.17, 15) is 0 Å². The molecule has 10 heterocycles. The topological polar surface area (TPSA) is 58.6 Å². The largest absolute Gasteiger partial charge is 0.456 e. The van der Waals surface area contributed by atoms with Gasteiger partial charge in [0.1, 0.15) is 11.2 Å². The van der Waals surface area contributed by atoms with E-state index in [0.717, 1.165) is 65.7 Å². The third-order valence-electron chi connectivity index (χ3n) is 27.0. The predicted octanol–water partition coefficient (Wildman–Crippen LogP) is 39.8. The maximum absolute atomic E-state index is 6.07. The number of aromatic nitrogens is 6. The second kappa shape index (κ2) is 35.7. The molecule has 0 fully saturated rings. The van der Waals surface area contributed by atoms with Crippen LogP contribution in [0.5, 0.6) is 0 Å². The van der Waals surface area contributed by atoms with E-state index in [-0.39, 0.29) is 0 Å². The zero-order chi connectivity index (χ0) is 93.5. The zero-order valence-corrected chi connectivity index (χ0v) is 86.1. The molecule has 664 valence electrons. The van der Waals surface area contributed by atoms with Gasteiger partial charge >= 0.3 is 0 Å². The van der Waals surface area contributed by atoms with Gasteiger partial charge < -0.3 is 22.7 Å². The highest BCUT2D eigenvalue weighted by Crippen LogP contribution is 2.50. The second-order valence-corrected chi connectivity index (χ2v) is 43.3. The summed E-state index contributed by atoms with van der Waals surface area (Å²) >= 11 is 27.9. The smallest absolute Gasteiger partial charge is 0.136 e. The molecule has 0 aliphatic heterocycles. The van der Waals surface area contributed by atoms with Gasteiger partial charge in [0.05, 0.1) is 67.9 Å². The summed E-state index contributed by atoms with van der Waals surface area (Å²) in [5.41, 5.74) is 28.1. The van der Waals surface area contributed by atoms with Crippen LogP contribution in [0, 0.1) is 0 Å². The van der Waals surface area contributed by atoms with Gasteiger partial charge in [-0.3, -0.25) is 9.97 Å². The van der Waals surface area contributed by atoms with Crippen LogP contribution in [0.2, 0.25) is 0 Å². The number of furan rings is 1. The van der Waals surface area contributed by atoms with Crippen LogP contribution in [-0.4, -0.2) is 28.2 Å². The minimum absolute atomic E-state index is 0.892. The lowest BCUT2D eigenvalue weighted by atomic mass is 10.0. The lowest BCUT2D eigenvalue weighted by Gasteiger charge is -2.10. The van der Waals surface area contributed by atoms with Crippen molar-refractivity contribution < 1.29 is 4.42 Å². The molecule has 7 nitrogen and oxygen atoms in total. The summed E-state index contributed by atoms with van der Waals surface area (Å²) in [5, 5.41) is 20.0. The Bertz CT molecular complexity index is 9780. The van der Waals surface area contributed by atoms with Crippen molar-refractivity contribution >= 4 is 299 Å². The average Bonchev–Trinajstić information content (AvgIpc) is 1.62. The highest BCUT2D eigenvalue weighted by molar-refractivity contribution is 9.11. The standard InChI is InChI=1S/C36H22BrNS.C30H17Br2NS.C29H16Br2N2S.C29H17BrN2O/c37-31-10-6-12-35-36(31)30-21-25(16-20-34(30)39-35)26-15-19-29-28-9-4-5-11-32(28)38(33(29)22-26)27-17-13-24(14-18-27)23-7-2-1-3-8-23;31-19-16-25-24-11-6-10-21(29(24)34-30(25)26(32)17-19)18-13-14-23-22-9-4-5-12-27(22)33(28(23)15-18)20-7-2-1-3-8-20;30-18-14-24-23-8-3-7-20(28(23)34-29(24)25(31)15-18)17-10-11-22-21-6-1-2-9-26(21)33(27(22)13-17)19-5-4-12-32-16-19;30-24-7-3-9-28-29(24)23-15-18(11-13-27(23)33-28)19-10-12-22-21-6-1-2-8-25(21)32(26(22)16-19)20-5-4-14-31-17-20/h1-22H;1-17H;1-16H;1-17H. The molecule has 0 amide bonds. The molecule has 0 aliphatic rings. The van der Waals surface area contributed by atoms with Gasteiger partial charge in [0.2, 0.25) is 0 Å². The third-order valence-corrected chi connectivity index (χ3v) is 34.7. The monoisotopic (exact) mass is 2230 g/mol. The SMILES string of the molecule is Brc1cc(Br)c2sc3c(-c4ccc5c6ccccc6n(-c6ccccc6)c5c4)cccc3c2c1.Brc1cc(Br)c2sc3c(-c4ccc5c6ccccc6n(-c6cccnc6)c5c4)cccc3c2c1.Brc1cccc2oc3ccc(-c4ccc5c6ccccc6n(-c6cccnc6)c5c4)cc3c12.Brc1cccc2sc3ccc(-c4ccc5c6ccccc6n(-c6ccc(-c7ccccc7)cc6)c5c4)cc3c12. The molecule has 0 spiro atoms. The predicted molar refractivity (Wildman–Crippen MR) is 618 cm³/mol. The van der Waals surface area contributed by atoms with Gasteiger partial charge in [-0.1, -0.05) is 306 Å². The molecule has 140 heavy (non-hydrogen) atoms. The molecule has 0 N–H and O–H groups in total. The van der Waals surface area contributed by atoms with Crippen molar-refractivity contribution in [2.75, 3.05) is 0 Å². The molecule has 19 aromatic carbocycles. The number of nitrogens with zero attached hydrogens (tertiary/aromatic N) is 6. The Hall–Kier alpha value is -14.0. The first-order valence-electron chi connectivity index (χ1n) is 45.9. The van der Waals surface area contributed by atoms with E-state index in [4.69, 9.17) is 4.42 Å². The molecule has 0 aliphatic carbocycles. The van der Waals surface area contributed by atoms with Crippen molar-refractivity contribution in [3.05, 3.63) is 464 Å². The fourth-order valence-corrected chi connectivity index (χ4v) is 28.5. The molecule has 29 rings (SSSR count). The first kappa shape index (κ1) is 86.4. The van der Waals surface area contributed by atoms with Crippen molar-refractivity contribution in [1.82, 2.24) is 28.2 Å². The average molecular weight is 2240 g/mol. The summed E-state index contributed by atoms with van der Waals surface area (Å²) in [6, 6.07) is 148. The van der Waals surface area contributed by atoms with Crippen LogP contribution in [0.3, 0.4) is 0 Å². The summed E-state index contributed by atoms with van der Waals surface area (Å²) in [5.74, 6) is 0. The van der Waals surface area contributed by atoms with E-state index in [1.54, 1.807) is 0 Å². The van der Waals surface area contributed by atoms with Crippen molar-refractivity contribution in [3.63, 3.8) is 0 Å². The lowest BCUT2D eigenvalue weighted by molar-refractivity contribution is 0.669. The highest BCUT2D eigenvalue weighted by Gasteiger charge is 2.24. The lowest BCUT2D eigenvalue weighted by Crippen LogP contribution is -1.94. The highest BCUT2D eigenvalue weighted by atomic mass is 79.9. The number of fused-ring (bicyclic) bond motifs is 24. The van der Waals surface area contributed by atoms with E-state index in [1.165, 1.54) is 209 Å². The number of pyridine rings is 2. The molecule has 0 unspecified atom stereocenters. The van der Waals surface area contributed by atoms with Gasteiger partial charge in [-0.25, -0.2) is 0 Å². The van der Waals surface area contributed by atoms with Gasteiger partial charge in [-0.05, 0) is 257 Å². The molecule has 0 bridgehead atoms.